The third-order valence-corrected chi connectivity index (χ3v) is 4.23. The van der Waals surface area contributed by atoms with Crippen LogP contribution in [0.2, 0.25) is 0 Å². The van der Waals surface area contributed by atoms with Crippen molar-refractivity contribution in [1.82, 2.24) is 16.0 Å². The number of nitrogens with one attached hydrogen (secondary N) is 3. The number of aliphatic carboxylic acids is 2. The molecule has 0 aromatic heterocycles. The Balaban J connectivity index is 5.11. The van der Waals surface area contributed by atoms with E-state index >= 15 is 0 Å². The molecule has 13 nitrogen and oxygen atoms in total. The van der Waals surface area contributed by atoms with Crippen molar-refractivity contribution in [3.05, 3.63) is 0 Å². The lowest BCUT2D eigenvalue weighted by atomic mass is 10.1. The molecule has 0 aliphatic carbocycles. The zero-order valence-corrected chi connectivity index (χ0v) is 17.2. The van der Waals surface area contributed by atoms with Crippen molar-refractivity contribution in [3.63, 3.8) is 0 Å². The number of carbonyl (C=O) groups is 6. The summed E-state index contributed by atoms with van der Waals surface area (Å²) in [4.78, 5) is 69.2. The molecule has 0 radical (unpaired) electrons. The summed E-state index contributed by atoms with van der Waals surface area (Å²) in [6.07, 6.45) is -0.968. The Hall–Kier alpha value is -2.87. The maximum absolute atomic E-state index is 12.5. The number of primary amides is 1. The Labute approximate surface area is 177 Å². The van der Waals surface area contributed by atoms with E-state index in [1.807, 2.05) is 0 Å². The van der Waals surface area contributed by atoms with Crippen LogP contribution in [0.15, 0.2) is 0 Å². The number of carboxylic acid groups (broad SMARTS) is 2. The average molecular weight is 449 g/mol. The minimum absolute atomic E-state index is 0.154. The first kappa shape index (κ1) is 27.1. The zero-order chi connectivity index (χ0) is 23.4. The second-order valence-corrected chi connectivity index (χ2v) is 6.78. The predicted octanol–water partition coefficient (Wildman–Crippen LogP) is -3.07. The van der Waals surface area contributed by atoms with E-state index in [1.165, 1.54) is 6.92 Å². The summed E-state index contributed by atoms with van der Waals surface area (Å²) in [5, 5.41) is 24.3. The third-order valence-electron chi connectivity index (χ3n) is 3.86. The lowest BCUT2D eigenvalue weighted by Gasteiger charge is -2.23. The molecule has 0 aromatic rings. The largest absolute Gasteiger partial charge is 0.481 e. The first-order valence-corrected chi connectivity index (χ1v) is 9.52. The van der Waals surface area contributed by atoms with Gasteiger partial charge in [-0.25, -0.2) is 0 Å². The summed E-state index contributed by atoms with van der Waals surface area (Å²) < 4.78 is 0. The molecule has 9 N–H and O–H groups in total. The van der Waals surface area contributed by atoms with Gasteiger partial charge in [0.2, 0.25) is 23.6 Å². The van der Waals surface area contributed by atoms with Gasteiger partial charge >= 0.3 is 11.9 Å². The molecule has 30 heavy (non-hydrogen) atoms. The molecule has 0 rings (SSSR count). The van der Waals surface area contributed by atoms with Crippen molar-refractivity contribution in [2.24, 2.45) is 11.5 Å². The molecule has 170 valence electrons. The van der Waals surface area contributed by atoms with Crippen LogP contribution in [-0.2, 0) is 28.8 Å². The molecule has 0 saturated carbocycles. The lowest BCUT2D eigenvalue weighted by Crippen LogP contribution is -2.57. The van der Waals surface area contributed by atoms with Crippen molar-refractivity contribution < 1.29 is 39.0 Å². The van der Waals surface area contributed by atoms with Crippen molar-refractivity contribution in [2.45, 2.75) is 56.8 Å². The highest BCUT2D eigenvalue weighted by molar-refractivity contribution is 7.80. The van der Waals surface area contributed by atoms with Gasteiger partial charge in [-0.2, -0.15) is 12.6 Å². The standard InChI is InChI=1S/C16H27N5O8S/c1-7(16(28)29)19-14(26)9(3-4-11(18)22)20-15(27)10(6-30)21-13(25)8(17)2-5-12(23)24/h7-10,30H,2-6,17H2,1H3,(H2,18,22)(H,19,26)(H,20,27)(H,21,25)(H,23,24)(H,28,29). The first-order chi connectivity index (χ1) is 13.9. The summed E-state index contributed by atoms with van der Waals surface area (Å²) >= 11 is 3.96. The summed E-state index contributed by atoms with van der Waals surface area (Å²) in [7, 11) is 0. The molecular formula is C16H27N5O8S. The Kier molecular flexibility index (Phi) is 12.1. The van der Waals surface area contributed by atoms with Gasteiger partial charge in [-0.1, -0.05) is 0 Å². The fourth-order valence-corrected chi connectivity index (χ4v) is 2.34. The maximum Gasteiger partial charge on any atom is 0.325 e. The van der Waals surface area contributed by atoms with Gasteiger partial charge < -0.3 is 37.6 Å². The van der Waals surface area contributed by atoms with Gasteiger partial charge in [-0.05, 0) is 19.8 Å². The summed E-state index contributed by atoms with van der Waals surface area (Å²) in [6, 6.07) is -4.95. The van der Waals surface area contributed by atoms with E-state index in [2.05, 4.69) is 28.6 Å². The first-order valence-electron chi connectivity index (χ1n) is 8.89. The molecule has 4 amide bonds. The fraction of sp³-hybridized carbons (Fsp3) is 0.625. The van der Waals surface area contributed by atoms with Gasteiger partial charge in [0.1, 0.15) is 18.1 Å². The normalized spacial score (nSPS) is 14.5. The quantitative estimate of drug-likeness (QED) is 0.126. The number of amides is 4. The molecule has 0 saturated heterocycles. The van der Waals surface area contributed by atoms with Crippen LogP contribution >= 0.6 is 12.6 Å². The zero-order valence-electron chi connectivity index (χ0n) is 16.3. The molecule has 0 spiro atoms. The molecule has 0 aromatic carbocycles. The van der Waals surface area contributed by atoms with Gasteiger partial charge in [0.05, 0.1) is 6.04 Å². The summed E-state index contributed by atoms with van der Waals surface area (Å²) in [5.74, 6) is -5.85. The van der Waals surface area contributed by atoms with E-state index in [9.17, 15) is 28.8 Å². The van der Waals surface area contributed by atoms with Gasteiger partial charge in [0.25, 0.3) is 0 Å². The topological polar surface area (TPSA) is 231 Å². The van der Waals surface area contributed by atoms with E-state index in [0.29, 0.717) is 0 Å². The summed E-state index contributed by atoms with van der Waals surface area (Å²) in [5.41, 5.74) is 10.6. The number of carbonyl (C=O) groups excluding carboxylic acids is 4. The van der Waals surface area contributed by atoms with Crippen LogP contribution in [0.4, 0.5) is 0 Å². The van der Waals surface area contributed by atoms with E-state index in [0.717, 1.165) is 0 Å². The number of thiol groups is 1. The Morgan fingerprint density at radius 1 is 0.867 bits per heavy atom. The predicted molar refractivity (Wildman–Crippen MR) is 106 cm³/mol. The maximum atomic E-state index is 12.5. The molecular weight excluding hydrogens is 422 g/mol. The van der Waals surface area contributed by atoms with E-state index in [1.54, 1.807) is 0 Å². The van der Waals surface area contributed by atoms with Crippen LogP contribution in [0, 0.1) is 0 Å². The van der Waals surface area contributed by atoms with Crippen molar-refractivity contribution in [2.75, 3.05) is 5.75 Å². The van der Waals surface area contributed by atoms with Crippen LogP contribution in [0.1, 0.15) is 32.6 Å². The van der Waals surface area contributed by atoms with Crippen LogP contribution in [0.3, 0.4) is 0 Å². The second kappa shape index (κ2) is 13.4. The minimum atomic E-state index is -1.31. The van der Waals surface area contributed by atoms with Crippen LogP contribution in [0.5, 0.6) is 0 Å². The highest BCUT2D eigenvalue weighted by Crippen LogP contribution is 2.02. The van der Waals surface area contributed by atoms with E-state index in [4.69, 9.17) is 21.7 Å². The monoisotopic (exact) mass is 449 g/mol. The summed E-state index contributed by atoms with van der Waals surface area (Å²) in [6.45, 7) is 1.21. The molecule has 0 bridgehead atoms. The van der Waals surface area contributed by atoms with Gasteiger partial charge in [0.15, 0.2) is 0 Å². The molecule has 4 atom stereocenters. The lowest BCUT2D eigenvalue weighted by molar-refractivity contribution is -0.142. The van der Waals surface area contributed by atoms with Gasteiger partial charge in [-0.15, -0.1) is 0 Å². The van der Waals surface area contributed by atoms with Crippen LogP contribution in [0.25, 0.3) is 0 Å². The average Bonchev–Trinajstić information content (AvgIpc) is 2.66. The van der Waals surface area contributed by atoms with Crippen molar-refractivity contribution in [1.29, 1.82) is 0 Å². The van der Waals surface area contributed by atoms with Crippen molar-refractivity contribution >= 4 is 48.2 Å². The molecule has 0 fully saturated rings. The van der Waals surface area contributed by atoms with E-state index < -0.39 is 59.7 Å². The number of hydrogen-bond acceptors (Lipinski definition) is 8. The van der Waals surface area contributed by atoms with E-state index in [-0.39, 0.29) is 31.4 Å². The molecule has 14 heteroatoms. The molecule has 0 aliphatic heterocycles. The number of rotatable bonds is 14. The Morgan fingerprint density at radius 3 is 1.87 bits per heavy atom. The van der Waals surface area contributed by atoms with Crippen molar-refractivity contribution in [3.8, 4) is 0 Å². The molecule has 0 heterocycles. The smallest absolute Gasteiger partial charge is 0.325 e. The minimum Gasteiger partial charge on any atom is -0.481 e. The highest BCUT2D eigenvalue weighted by atomic mass is 32.1. The molecule has 0 aliphatic rings. The highest BCUT2D eigenvalue weighted by Gasteiger charge is 2.29. The van der Waals surface area contributed by atoms with Crippen LogP contribution in [-0.4, -0.2) is 75.7 Å². The van der Waals surface area contributed by atoms with Gasteiger partial charge in [0, 0.05) is 18.6 Å². The second-order valence-electron chi connectivity index (χ2n) is 6.42. The number of carboxylic acids is 2. The number of hydrogen-bond donors (Lipinski definition) is 8. The SMILES string of the molecule is CC(NC(=O)C(CCC(N)=O)NC(=O)C(CS)NC(=O)C(N)CCC(=O)O)C(=O)O. The Morgan fingerprint density at radius 2 is 1.40 bits per heavy atom. The third kappa shape index (κ3) is 10.6. The number of nitrogens with two attached hydrogens (primary N) is 2. The van der Waals surface area contributed by atoms with Crippen LogP contribution < -0.4 is 27.4 Å². The molecule has 4 unspecified atom stereocenters. The fourth-order valence-electron chi connectivity index (χ4n) is 2.09. The van der Waals surface area contributed by atoms with Gasteiger partial charge in [-0.3, -0.25) is 28.8 Å². The Bertz CT molecular complexity index is 674.